The zero-order valence-corrected chi connectivity index (χ0v) is 10.9. The van der Waals surface area contributed by atoms with Crippen LogP contribution in [0.1, 0.15) is 39.0 Å². The van der Waals surface area contributed by atoms with E-state index >= 15 is 0 Å². The van der Waals surface area contributed by atoms with Crippen molar-refractivity contribution in [2.75, 3.05) is 13.1 Å². The number of carbonyl (C=O) groups excluding carboxylic acids is 1. The first kappa shape index (κ1) is 14.5. The van der Waals surface area contributed by atoms with Crippen molar-refractivity contribution in [3.05, 3.63) is 12.2 Å². The number of urea groups is 1. The molecule has 0 bridgehead atoms. The lowest BCUT2D eigenvalue weighted by molar-refractivity contribution is -0.141. The van der Waals surface area contributed by atoms with Crippen LogP contribution in [0, 0.1) is 5.41 Å². The van der Waals surface area contributed by atoms with E-state index in [1.165, 1.54) is 0 Å². The van der Waals surface area contributed by atoms with Crippen molar-refractivity contribution in [2.24, 2.45) is 5.41 Å². The monoisotopic (exact) mass is 254 g/mol. The molecule has 1 rings (SSSR count). The summed E-state index contributed by atoms with van der Waals surface area (Å²) in [5, 5.41) is 14.4. The molecule has 0 aliphatic heterocycles. The second-order valence-corrected chi connectivity index (χ2v) is 4.89. The molecule has 1 aliphatic rings. The number of hydrogen-bond acceptors (Lipinski definition) is 2. The molecule has 0 aromatic heterocycles. The third-order valence-corrected chi connectivity index (χ3v) is 3.40. The van der Waals surface area contributed by atoms with Crippen molar-refractivity contribution in [2.45, 2.75) is 39.0 Å². The van der Waals surface area contributed by atoms with Crippen LogP contribution in [-0.2, 0) is 4.79 Å². The summed E-state index contributed by atoms with van der Waals surface area (Å²) in [5.74, 6) is -0.787. The summed E-state index contributed by atoms with van der Waals surface area (Å²) >= 11 is 0. The standard InChI is InChI=1S/C13H22N2O3/c1-2-3-4-8-14-12(18)15-10-13(6-5-7-13)9-11(16)17/h2-3H,4-10H2,1H3,(H,16,17)(H2,14,15,18)/b3-2+. The summed E-state index contributed by atoms with van der Waals surface area (Å²) in [7, 11) is 0. The topological polar surface area (TPSA) is 78.4 Å². The lowest BCUT2D eigenvalue weighted by Crippen LogP contribution is -2.46. The normalized spacial score (nSPS) is 17.2. The van der Waals surface area contributed by atoms with Gasteiger partial charge in [-0.05, 0) is 31.6 Å². The van der Waals surface area contributed by atoms with Crippen molar-refractivity contribution >= 4 is 12.0 Å². The van der Waals surface area contributed by atoms with Crippen molar-refractivity contribution in [1.29, 1.82) is 0 Å². The quantitative estimate of drug-likeness (QED) is 0.479. The van der Waals surface area contributed by atoms with Gasteiger partial charge >= 0.3 is 12.0 Å². The molecule has 0 heterocycles. The van der Waals surface area contributed by atoms with Crippen LogP contribution in [0.25, 0.3) is 0 Å². The van der Waals surface area contributed by atoms with E-state index in [2.05, 4.69) is 10.6 Å². The molecular formula is C13H22N2O3. The summed E-state index contributed by atoms with van der Waals surface area (Å²) in [6.45, 7) is 2.99. The summed E-state index contributed by atoms with van der Waals surface area (Å²) in [4.78, 5) is 22.2. The molecule has 0 saturated heterocycles. The second kappa shape index (κ2) is 7.03. The number of allylic oxidation sites excluding steroid dienone is 1. The fourth-order valence-corrected chi connectivity index (χ4v) is 2.18. The van der Waals surface area contributed by atoms with Crippen LogP contribution in [0.15, 0.2) is 12.2 Å². The van der Waals surface area contributed by atoms with Crippen LogP contribution in [-0.4, -0.2) is 30.2 Å². The smallest absolute Gasteiger partial charge is 0.314 e. The summed E-state index contributed by atoms with van der Waals surface area (Å²) in [5.41, 5.74) is -0.216. The van der Waals surface area contributed by atoms with E-state index in [0.717, 1.165) is 25.7 Å². The SMILES string of the molecule is C/C=C/CCNC(=O)NCC1(CC(=O)O)CCC1. The van der Waals surface area contributed by atoms with E-state index in [0.29, 0.717) is 13.1 Å². The molecule has 0 aromatic carbocycles. The Balaban J connectivity index is 2.22. The average molecular weight is 254 g/mol. The molecule has 2 amide bonds. The number of amides is 2. The van der Waals surface area contributed by atoms with Gasteiger partial charge in [-0.2, -0.15) is 0 Å². The Bertz CT molecular complexity index is 322. The summed E-state index contributed by atoms with van der Waals surface area (Å²) in [6, 6.07) is -0.212. The van der Waals surface area contributed by atoms with Gasteiger partial charge < -0.3 is 15.7 Å². The van der Waals surface area contributed by atoms with E-state index in [9.17, 15) is 9.59 Å². The number of aliphatic carboxylic acids is 1. The molecule has 1 aliphatic carbocycles. The molecule has 0 aromatic rings. The minimum Gasteiger partial charge on any atom is -0.481 e. The van der Waals surface area contributed by atoms with Crippen LogP contribution < -0.4 is 10.6 Å². The number of carbonyl (C=O) groups is 2. The van der Waals surface area contributed by atoms with Gasteiger partial charge in [0.2, 0.25) is 0 Å². The first-order valence-corrected chi connectivity index (χ1v) is 6.43. The lowest BCUT2D eigenvalue weighted by atomic mass is 9.66. The van der Waals surface area contributed by atoms with Crippen molar-refractivity contribution in [3.63, 3.8) is 0 Å². The number of rotatable bonds is 7. The third kappa shape index (κ3) is 4.77. The number of carboxylic acid groups (broad SMARTS) is 1. The number of hydrogen-bond donors (Lipinski definition) is 3. The van der Waals surface area contributed by atoms with Gasteiger partial charge in [0.15, 0.2) is 0 Å². The predicted octanol–water partition coefficient (Wildman–Crippen LogP) is 1.90. The van der Waals surface area contributed by atoms with Crippen molar-refractivity contribution in [1.82, 2.24) is 10.6 Å². The summed E-state index contributed by atoms with van der Waals surface area (Å²) in [6.07, 6.45) is 7.71. The molecular weight excluding hydrogens is 232 g/mol. The Morgan fingerprint density at radius 3 is 2.56 bits per heavy atom. The highest BCUT2D eigenvalue weighted by atomic mass is 16.4. The maximum atomic E-state index is 11.5. The van der Waals surface area contributed by atoms with Crippen LogP contribution in [0.5, 0.6) is 0 Å². The Kier molecular flexibility index (Phi) is 5.68. The zero-order chi connectivity index (χ0) is 13.4. The van der Waals surface area contributed by atoms with Gasteiger partial charge in [-0.25, -0.2) is 4.79 Å². The van der Waals surface area contributed by atoms with Gasteiger partial charge in [-0.15, -0.1) is 0 Å². The Morgan fingerprint density at radius 1 is 1.33 bits per heavy atom. The van der Waals surface area contributed by atoms with E-state index in [1.807, 2.05) is 19.1 Å². The van der Waals surface area contributed by atoms with Crippen LogP contribution in [0.2, 0.25) is 0 Å². The van der Waals surface area contributed by atoms with Gasteiger partial charge in [0, 0.05) is 13.1 Å². The maximum Gasteiger partial charge on any atom is 0.314 e. The molecule has 0 atom stereocenters. The molecule has 5 heteroatoms. The van der Waals surface area contributed by atoms with E-state index in [-0.39, 0.29) is 17.9 Å². The molecule has 1 saturated carbocycles. The van der Waals surface area contributed by atoms with Gasteiger partial charge in [0.05, 0.1) is 6.42 Å². The van der Waals surface area contributed by atoms with Gasteiger partial charge in [0.1, 0.15) is 0 Å². The fraction of sp³-hybridized carbons (Fsp3) is 0.692. The Labute approximate surface area is 108 Å². The van der Waals surface area contributed by atoms with Gasteiger partial charge in [-0.3, -0.25) is 4.79 Å². The maximum absolute atomic E-state index is 11.5. The van der Waals surface area contributed by atoms with Crippen LogP contribution in [0.3, 0.4) is 0 Å². The molecule has 0 spiro atoms. The van der Waals surface area contributed by atoms with E-state index in [4.69, 9.17) is 5.11 Å². The number of nitrogens with one attached hydrogen (secondary N) is 2. The summed E-state index contributed by atoms with van der Waals surface area (Å²) < 4.78 is 0. The molecule has 3 N–H and O–H groups in total. The zero-order valence-electron chi connectivity index (χ0n) is 10.9. The molecule has 0 radical (unpaired) electrons. The first-order valence-electron chi connectivity index (χ1n) is 6.43. The highest BCUT2D eigenvalue weighted by Crippen LogP contribution is 2.43. The minimum atomic E-state index is -0.787. The van der Waals surface area contributed by atoms with Gasteiger partial charge in [-0.1, -0.05) is 18.6 Å². The van der Waals surface area contributed by atoms with Crippen molar-refractivity contribution < 1.29 is 14.7 Å². The Morgan fingerprint density at radius 2 is 2.06 bits per heavy atom. The third-order valence-electron chi connectivity index (χ3n) is 3.40. The highest BCUT2D eigenvalue weighted by molar-refractivity contribution is 5.74. The predicted molar refractivity (Wildman–Crippen MR) is 69.4 cm³/mol. The molecule has 102 valence electrons. The van der Waals surface area contributed by atoms with Crippen LogP contribution >= 0.6 is 0 Å². The van der Waals surface area contributed by atoms with Crippen molar-refractivity contribution in [3.8, 4) is 0 Å². The van der Waals surface area contributed by atoms with Crippen LogP contribution in [0.4, 0.5) is 4.79 Å². The van der Waals surface area contributed by atoms with E-state index < -0.39 is 5.97 Å². The highest BCUT2D eigenvalue weighted by Gasteiger charge is 2.39. The molecule has 5 nitrogen and oxygen atoms in total. The second-order valence-electron chi connectivity index (χ2n) is 4.89. The lowest BCUT2D eigenvalue weighted by Gasteiger charge is -2.40. The van der Waals surface area contributed by atoms with E-state index in [1.54, 1.807) is 0 Å². The number of carboxylic acids is 1. The fourth-order valence-electron chi connectivity index (χ4n) is 2.18. The largest absolute Gasteiger partial charge is 0.481 e. The average Bonchev–Trinajstić information content (AvgIpc) is 2.27. The molecule has 0 unspecified atom stereocenters. The van der Waals surface area contributed by atoms with Gasteiger partial charge in [0.25, 0.3) is 0 Å². The molecule has 1 fully saturated rings. The Hall–Kier alpha value is -1.52. The minimum absolute atomic E-state index is 0.145. The molecule has 18 heavy (non-hydrogen) atoms. The first-order chi connectivity index (χ1) is 8.58.